The molecule has 0 aromatic heterocycles. The summed E-state index contributed by atoms with van der Waals surface area (Å²) in [6.07, 6.45) is 9.63. The lowest BCUT2D eigenvalue weighted by Gasteiger charge is -2.72. The molecule has 2 N–H and O–H groups in total. The maximum atomic E-state index is 15.0. The van der Waals surface area contributed by atoms with Crippen LogP contribution in [0.1, 0.15) is 142 Å². The number of nitrogens with zero attached hydrogens (tertiary/aromatic N) is 1. The number of amides is 2. The fourth-order valence-corrected chi connectivity index (χ4v) is 14.1. The molecule has 1 aromatic carbocycles. The van der Waals surface area contributed by atoms with Gasteiger partial charge in [0.25, 0.3) is 5.92 Å². The summed E-state index contributed by atoms with van der Waals surface area (Å²) >= 11 is 0. The maximum absolute atomic E-state index is 15.0. The molecule has 7 rings (SSSR count). The van der Waals surface area contributed by atoms with E-state index in [0.29, 0.717) is 23.3 Å². The summed E-state index contributed by atoms with van der Waals surface area (Å²) < 4.78 is 35.4. The van der Waals surface area contributed by atoms with Crippen LogP contribution in [0.3, 0.4) is 0 Å². The smallest absolute Gasteiger partial charge is 0.411 e. The van der Waals surface area contributed by atoms with Crippen LogP contribution in [0.15, 0.2) is 42.5 Å². The highest BCUT2D eigenvalue weighted by molar-refractivity contribution is 5.88. The topological polar surface area (TPSA) is 95.9 Å². The minimum absolute atomic E-state index is 0.00453. The zero-order valence-electron chi connectivity index (χ0n) is 34.6. The zero-order chi connectivity index (χ0) is 40.3. The van der Waals surface area contributed by atoms with Crippen molar-refractivity contribution in [1.82, 2.24) is 10.2 Å². The van der Waals surface area contributed by atoms with Crippen molar-refractivity contribution in [2.45, 2.75) is 150 Å². The molecule has 1 aromatic rings. The van der Waals surface area contributed by atoms with Crippen LogP contribution in [0.4, 0.5) is 13.6 Å². The van der Waals surface area contributed by atoms with Gasteiger partial charge in [-0.2, -0.15) is 0 Å². The van der Waals surface area contributed by atoms with Crippen LogP contribution in [0.2, 0.25) is 0 Å². The van der Waals surface area contributed by atoms with Crippen molar-refractivity contribution in [2.75, 3.05) is 6.54 Å². The summed E-state index contributed by atoms with van der Waals surface area (Å²) in [5.74, 6) is -2.93. The predicted molar refractivity (Wildman–Crippen MR) is 210 cm³/mol. The minimum Gasteiger partial charge on any atom is -0.478 e. The number of carbonyl (C=O) groups excluding carboxylic acids is 2. The van der Waals surface area contributed by atoms with Crippen LogP contribution in [0.25, 0.3) is 5.57 Å². The lowest BCUT2D eigenvalue weighted by molar-refractivity contribution is -0.219. The van der Waals surface area contributed by atoms with Gasteiger partial charge < -0.3 is 15.2 Å². The molecule has 7 nitrogen and oxygen atoms in total. The zero-order valence-corrected chi connectivity index (χ0v) is 34.6. The Balaban J connectivity index is 1.18. The van der Waals surface area contributed by atoms with E-state index in [4.69, 9.17) is 4.74 Å². The summed E-state index contributed by atoms with van der Waals surface area (Å²) in [4.78, 5) is 40.0. The number of carboxylic acid groups (broad SMARTS) is 1. The molecule has 1 aliphatic heterocycles. The number of rotatable bonds is 5. The quantitative estimate of drug-likeness (QED) is 0.291. The van der Waals surface area contributed by atoms with Crippen LogP contribution in [0, 0.1) is 51.2 Å². The van der Waals surface area contributed by atoms with E-state index in [9.17, 15) is 28.3 Å². The number of alkyl halides is 2. The Bertz CT molecular complexity index is 1800. The summed E-state index contributed by atoms with van der Waals surface area (Å²) in [6.45, 7) is 23.3. The number of benzene rings is 1. The Morgan fingerprint density at radius 3 is 2.20 bits per heavy atom. The average molecular weight is 763 g/mol. The fourth-order valence-electron chi connectivity index (χ4n) is 14.1. The lowest BCUT2D eigenvalue weighted by atomic mass is 9.33. The minimum atomic E-state index is -3.17. The first-order valence-corrected chi connectivity index (χ1v) is 20.8. The molecule has 5 fully saturated rings. The van der Waals surface area contributed by atoms with Crippen LogP contribution >= 0.6 is 0 Å². The second-order valence-electron chi connectivity index (χ2n) is 20.9. The highest BCUT2D eigenvalue weighted by Crippen LogP contribution is 2.76. The van der Waals surface area contributed by atoms with Gasteiger partial charge in [0.05, 0.1) is 12.1 Å². The molecule has 0 radical (unpaired) electrons. The Morgan fingerprint density at radius 1 is 0.909 bits per heavy atom. The molecule has 3 unspecified atom stereocenters. The molecule has 5 aliphatic carbocycles. The molecule has 1 heterocycles. The van der Waals surface area contributed by atoms with Gasteiger partial charge in [-0.3, -0.25) is 9.69 Å². The summed E-state index contributed by atoms with van der Waals surface area (Å²) in [5.41, 5.74) is 2.48. The number of allylic oxidation sites excluding steroid dienone is 3. The highest BCUT2D eigenvalue weighted by atomic mass is 19.3. The number of aromatic carboxylic acids is 1. The molecule has 0 bridgehead atoms. The Hall–Kier alpha value is -3.23. The Morgan fingerprint density at radius 2 is 1.58 bits per heavy atom. The Kier molecular flexibility index (Phi) is 9.37. The number of hydrogen-bond donors (Lipinski definition) is 2. The first kappa shape index (κ1) is 40.0. The van der Waals surface area contributed by atoms with Crippen molar-refractivity contribution in [3.63, 3.8) is 0 Å². The third-order valence-electron chi connectivity index (χ3n) is 16.7. The third kappa shape index (κ3) is 6.18. The predicted octanol–water partition coefficient (Wildman–Crippen LogP) is 10.5. The van der Waals surface area contributed by atoms with E-state index in [-0.39, 0.29) is 33.5 Å². The van der Waals surface area contributed by atoms with E-state index in [0.717, 1.165) is 73.8 Å². The van der Waals surface area contributed by atoms with Crippen LogP contribution in [0.5, 0.6) is 0 Å². The van der Waals surface area contributed by atoms with Gasteiger partial charge in [-0.25, -0.2) is 18.4 Å². The number of nitrogens with one attached hydrogen (secondary N) is 1. The van der Waals surface area contributed by atoms with Gasteiger partial charge in [0.2, 0.25) is 5.91 Å². The number of carboxylic acids is 1. The number of hydrogen-bond acceptors (Lipinski definition) is 4. The van der Waals surface area contributed by atoms with E-state index in [1.165, 1.54) is 5.57 Å². The summed E-state index contributed by atoms with van der Waals surface area (Å²) in [7, 11) is 0. The van der Waals surface area contributed by atoms with Crippen molar-refractivity contribution in [3.8, 4) is 0 Å². The molecule has 2 amide bonds. The molecular formula is C46H64F2N2O5. The molecule has 55 heavy (non-hydrogen) atoms. The average Bonchev–Trinajstić information content (AvgIpc) is 3.62. The second-order valence-corrected chi connectivity index (χ2v) is 20.9. The van der Waals surface area contributed by atoms with E-state index in [2.05, 4.69) is 59.5 Å². The van der Waals surface area contributed by atoms with Crippen molar-refractivity contribution in [2.24, 2.45) is 51.2 Å². The molecular weight excluding hydrogens is 699 g/mol. The highest BCUT2D eigenvalue weighted by Gasteiger charge is 2.71. The third-order valence-corrected chi connectivity index (χ3v) is 16.7. The largest absolute Gasteiger partial charge is 0.478 e. The molecule has 9 heteroatoms. The van der Waals surface area contributed by atoms with E-state index < -0.39 is 54.0 Å². The number of ether oxygens (including phenoxy) is 1. The number of likely N-dealkylation sites (tertiary alicyclic amines) is 1. The van der Waals surface area contributed by atoms with Crippen molar-refractivity contribution >= 4 is 23.5 Å². The molecule has 1 saturated heterocycles. The monoisotopic (exact) mass is 762 g/mol. The lowest BCUT2D eigenvalue weighted by Crippen LogP contribution is -2.69. The summed E-state index contributed by atoms with van der Waals surface area (Å²) in [6, 6.07) is 6.09. The van der Waals surface area contributed by atoms with E-state index in [1.54, 1.807) is 32.9 Å². The van der Waals surface area contributed by atoms with Gasteiger partial charge in [-0.05, 0) is 160 Å². The second kappa shape index (κ2) is 12.9. The van der Waals surface area contributed by atoms with Gasteiger partial charge in [-0.15, -0.1) is 0 Å². The number of carbonyl (C=O) groups is 3. The first-order chi connectivity index (χ1) is 25.4. The van der Waals surface area contributed by atoms with Crippen LogP contribution in [-0.2, 0) is 9.53 Å². The first-order valence-electron chi connectivity index (χ1n) is 20.8. The number of fused-ring (bicyclic) bond motifs is 7. The molecule has 6 aliphatic rings. The maximum Gasteiger partial charge on any atom is 0.411 e. The van der Waals surface area contributed by atoms with Crippen molar-refractivity contribution < 1.29 is 33.0 Å². The van der Waals surface area contributed by atoms with Crippen molar-refractivity contribution in [3.05, 3.63) is 53.6 Å². The summed E-state index contributed by atoms with van der Waals surface area (Å²) in [5, 5.41) is 12.9. The van der Waals surface area contributed by atoms with Crippen LogP contribution in [-0.4, -0.2) is 57.6 Å². The van der Waals surface area contributed by atoms with E-state index in [1.807, 2.05) is 12.1 Å². The SMILES string of the molecule is C=C(C)[C@@H]1CC[C@]2(NC(=O)[C@@H]3CC(F)(F)CN3C(=O)OC(C)(C)C)CC[C@]3(C)[C@H](CCC4[C@@]5(C)CC=C(c6ccc(C(=O)O)cc6)C(C)(C)C5CC[C@]43C)C12. The van der Waals surface area contributed by atoms with Gasteiger partial charge in [0.15, 0.2) is 0 Å². The molecule has 0 spiro atoms. The molecule has 302 valence electrons. The standard InChI is InChI=1S/C46H64F2N2O5/c1-27(2)30-17-22-45(49-37(51)33-25-46(47,48)26-50(33)39(54)55-40(3,4)5)24-23-43(9)32(36(30)45)15-16-35-42(8)20-18-31(28-11-13-29(14-12-28)38(52)53)41(6,7)34(42)19-21-44(35,43)10/h11-14,18,30,32-36H,1,15-17,19-26H2,2-10H3,(H,49,51)(H,52,53)/t30-,32+,33-,34?,35?,36?,42-,43+,44+,45-/m0/s1. The van der Waals surface area contributed by atoms with Gasteiger partial charge >= 0.3 is 12.1 Å². The molecule has 4 saturated carbocycles. The van der Waals surface area contributed by atoms with Gasteiger partial charge in [0, 0.05) is 12.0 Å². The molecule has 10 atom stereocenters. The normalized spacial score (nSPS) is 40.1. The Labute approximate surface area is 327 Å². The van der Waals surface area contributed by atoms with E-state index >= 15 is 0 Å². The van der Waals surface area contributed by atoms with Crippen LogP contribution < -0.4 is 5.32 Å². The number of halogens is 2. The van der Waals surface area contributed by atoms with Crippen molar-refractivity contribution in [1.29, 1.82) is 0 Å². The van der Waals surface area contributed by atoms with Gasteiger partial charge in [-0.1, -0.05) is 65.0 Å². The fraction of sp³-hybridized carbons (Fsp3) is 0.717. The van der Waals surface area contributed by atoms with Gasteiger partial charge in [0.1, 0.15) is 11.6 Å².